The number of nitrogens with zero attached hydrogens (tertiary/aromatic N) is 2. The van der Waals surface area contributed by atoms with Gasteiger partial charge in [0.15, 0.2) is 0 Å². The van der Waals surface area contributed by atoms with Gasteiger partial charge >= 0.3 is 6.09 Å². The first-order valence-electron chi connectivity index (χ1n) is 5.46. The first-order valence-corrected chi connectivity index (χ1v) is 5.46. The van der Waals surface area contributed by atoms with Gasteiger partial charge in [0.05, 0.1) is 6.61 Å². The van der Waals surface area contributed by atoms with Crippen molar-refractivity contribution in [3.8, 4) is 0 Å². The van der Waals surface area contributed by atoms with Crippen LogP contribution >= 0.6 is 0 Å². The predicted octanol–water partition coefficient (Wildman–Crippen LogP) is 1.20. The van der Waals surface area contributed by atoms with E-state index in [0.29, 0.717) is 6.61 Å². The minimum Gasteiger partial charge on any atom is -0.449 e. The second kappa shape index (κ2) is 6.40. The van der Waals surface area contributed by atoms with Crippen LogP contribution in [-0.4, -0.2) is 42.9 Å². The molecule has 1 aliphatic rings. The summed E-state index contributed by atoms with van der Waals surface area (Å²) in [4.78, 5) is 13.3. The molecule has 15 heavy (non-hydrogen) atoms. The summed E-state index contributed by atoms with van der Waals surface area (Å²) < 4.78 is 4.71. The van der Waals surface area contributed by atoms with E-state index in [-0.39, 0.29) is 0 Å². The Morgan fingerprint density at radius 2 is 2.13 bits per heavy atom. The van der Waals surface area contributed by atoms with E-state index in [1.807, 2.05) is 0 Å². The summed E-state index contributed by atoms with van der Waals surface area (Å²) in [6.45, 7) is 7.43. The maximum atomic E-state index is 11.0. The molecule has 0 atom stereocenters. The molecule has 0 saturated carbocycles. The van der Waals surface area contributed by atoms with E-state index in [9.17, 15) is 4.79 Å². The number of ether oxygens (including phenoxy) is 1. The number of hydrogen-bond acceptors (Lipinski definition) is 4. The van der Waals surface area contributed by atoms with E-state index in [1.54, 1.807) is 6.92 Å². The van der Waals surface area contributed by atoms with Gasteiger partial charge in [-0.05, 0) is 13.5 Å². The number of carbonyl (C=O) groups excluding carboxylic acids is 1. The molecule has 1 aliphatic heterocycles. The largest absolute Gasteiger partial charge is 0.449 e. The first kappa shape index (κ1) is 12.0. The Morgan fingerprint density at radius 1 is 1.47 bits per heavy atom. The van der Waals surface area contributed by atoms with Crippen molar-refractivity contribution in [3.63, 3.8) is 0 Å². The molecule has 1 N–H and O–H groups in total. The summed E-state index contributed by atoms with van der Waals surface area (Å²) in [6, 6.07) is 0. The standard InChI is InChI=1S/C10H19N3O2/c1-3-13-7-5-9(6-8-13)11-12-10(14)15-4-2/h3-8H2,1-2H3,(H,12,14). The molecule has 5 heteroatoms. The summed E-state index contributed by atoms with van der Waals surface area (Å²) in [7, 11) is 0. The van der Waals surface area contributed by atoms with Gasteiger partial charge in [0.2, 0.25) is 0 Å². The van der Waals surface area contributed by atoms with E-state index < -0.39 is 6.09 Å². The molecule has 1 rings (SSSR count). The topological polar surface area (TPSA) is 53.9 Å². The lowest BCUT2D eigenvalue weighted by molar-refractivity contribution is 0.152. The fourth-order valence-electron chi connectivity index (χ4n) is 1.53. The number of hydrogen-bond donors (Lipinski definition) is 1. The molecule has 0 bridgehead atoms. The van der Waals surface area contributed by atoms with E-state index in [4.69, 9.17) is 4.74 Å². The Kier molecular flexibility index (Phi) is 5.10. The molecule has 0 aliphatic carbocycles. The fraction of sp³-hybridized carbons (Fsp3) is 0.800. The number of amides is 1. The van der Waals surface area contributed by atoms with Crippen LogP contribution in [0.15, 0.2) is 5.10 Å². The molecule has 86 valence electrons. The molecule has 1 amide bonds. The molecule has 1 fully saturated rings. The average Bonchev–Trinajstić information content (AvgIpc) is 2.27. The maximum Gasteiger partial charge on any atom is 0.427 e. The van der Waals surface area contributed by atoms with Gasteiger partial charge in [-0.3, -0.25) is 0 Å². The monoisotopic (exact) mass is 213 g/mol. The molecule has 0 spiro atoms. The van der Waals surface area contributed by atoms with E-state index in [2.05, 4.69) is 22.4 Å². The van der Waals surface area contributed by atoms with E-state index in [0.717, 1.165) is 38.2 Å². The number of nitrogens with one attached hydrogen (secondary N) is 1. The summed E-state index contributed by atoms with van der Waals surface area (Å²) in [5, 5.41) is 4.04. The van der Waals surface area contributed by atoms with Gasteiger partial charge in [0.1, 0.15) is 0 Å². The summed E-state index contributed by atoms with van der Waals surface area (Å²) in [5.41, 5.74) is 3.44. The lowest BCUT2D eigenvalue weighted by atomic mass is 10.1. The van der Waals surface area contributed by atoms with Crippen molar-refractivity contribution in [1.82, 2.24) is 10.3 Å². The van der Waals surface area contributed by atoms with E-state index in [1.165, 1.54) is 0 Å². The van der Waals surface area contributed by atoms with Crippen LogP contribution in [0.4, 0.5) is 4.79 Å². The zero-order chi connectivity index (χ0) is 11.1. The van der Waals surface area contributed by atoms with Gasteiger partial charge in [-0.25, -0.2) is 10.2 Å². The summed E-state index contributed by atoms with van der Waals surface area (Å²) in [6.07, 6.45) is 1.39. The van der Waals surface area contributed by atoms with Crippen molar-refractivity contribution < 1.29 is 9.53 Å². The van der Waals surface area contributed by atoms with Crippen LogP contribution < -0.4 is 5.43 Å². The van der Waals surface area contributed by atoms with Crippen molar-refractivity contribution in [3.05, 3.63) is 0 Å². The van der Waals surface area contributed by atoms with Crippen LogP contribution in [0, 0.1) is 0 Å². The van der Waals surface area contributed by atoms with Gasteiger partial charge in [-0.2, -0.15) is 5.10 Å². The number of likely N-dealkylation sites (tertiary alicyclic amines) is 1. The number of piperidine rings is 1. The average molecular weight is 213 g/mol. The SMILES string of the molecule is CCOC(=O)NN=C1CCN(CC)CC1. The minimum atomic E-state index is -0.470. The Labute approximate surface area is 90.5 Å². The Balaban J connectivity index is 2.27. The molecule has 0 aromatic carbocycles. The number of hydrazone groups is 1. The van der Waals surface area contributed by atoms with Crippen LogP contribution in [0.5, 0.6) is 0 Å². The molecule has 0 aromatic rings. The third-order valence-corrected chi connectivity index (χ3v) is 2.46. The zero-order valence-electron chi connectivity index (χ0n) is 9.45. The van der Waals surface area contributed by atoms with Crippen molar-refractivity contribution in [2.24, 2.45) is 5.10 Å². The second-order valence-corrected chi connectivity index (χ2v) is 3.44. The molecule has 1 heterocycles. The molecule has 0 unspecified atom stereocenters. The zero-order valence-corrected chi connectivity index (χ0v) is 9.45. The third kappa shape index (κ3) is 4.29. The highest BCUT2D eigenvalue weighted by Crippen LogP contribution is 2.05. The van der Waals surface area contributed by atoms with Crippen LogP contribution in [0.3, 0.4) is 0 Å². The Bertz CT molecular complexity index is 231. The van der Waals surface area contributed by atoms with Gasteiger partial charge in [-0.1, -0.05) is 6.92 Å². The molecular weight excluding hydrogens is 194 g/mol. The second-order valence-electron chi connectivity index (χ2n) is 3.44. The van der Waals surface area contributed by atoms with E-state index >= 15 is 0 Å². The van der Waals surface area contributed by atoms with Gasteiger partial charge in [0, 0.05) is 31.6 Å². The molecule has 0 radical (unpaired) electrons. The van der Waals surface area contributed by atoms with Crippen molar-refractivity contribution in [2.45, 2.75) is 26.7 Å². The van der Waals surface area contributed by atoms with Crippen LogP contribution in [0.2, 0.25) is 0 Å². The fourth-order valence-corrected chi connectivity index (χ4v) is 1.53. The van der Waals surface area contributed by atoms with Gasteiger partial charge < -0.3 is 9.64 Å². The van der Waals surface area contributed by atoms with Crippen molar-refractivity contribution in [2.75, 3.05) is 26.2 Å². The number of rotatable bonds is 3. The van der Waals surface area contributed by atoms with Crippen molar-refractivity contribution in [1.29, 1.82) is 0 Å². The quantitative estimate of drug-likeness (QED) is 0.717. The van der Waals surface area contributed by atoms with Gasteiger partial charge in [0.25, 0.3) is 0 Å². The Hall–Kier alpha value is -1.10. The predicted molar refractivity (Wildman–Crippen MR) is 58.9 cm³/mol. The minimum absolute atomic E-state index is 0.375. The first-order chi connectivity index (χ1) is 7.26. The highest BCUT2D eigenvalue weighted by atomic mass is 16.5. The normalized spacial score (nSPS) is 17.3. The van der Waals surface area contributed by atoms with Crippen LogP contribution in [-0.2, 0) is 4.74 Å². The maximum absolute atomic E-state index is 11.0. The van der Waals surface area contributed by atoms with Crippen LogP contribution in [0.25, 0.3) is 0 Å². The van der Waals surface area contributed by atoms with Crippen LogP contribution in [0.1, 0.15) is 26.7 Å². The Morgan fingerprint density at radius 3 is 2.67 bits per heavy atom. The lowest BCUT2D eigenvalue weighted by Gasteiger charge is -2.25. The molecule has 5 nitrogen and oxygen atoms in total. The number of carbonyl (C=O) groups is 1. The van der Waals surface area contributed by atoms with Gasteiger partial charge in [-0.15, -0.1) is 0 Å². The molecule has 0 aromatic heterocycles. The molecular formula is C10H19N3O2. The van der Waals surface area contributed by atoms with Crippen molar-refractivity contribution >= 4 is 11.8 Å². The summed E-state index contributed by atoms with van der Waals surface area (Å²) >= 11 is 0. The summed E-state index contributed by atoms with van der Waals surface area (Å²) in [5.74, 6) is 0. The smallest absolute Gasteiger partial charge is 0.427 e. The highest BCUT2D eigenvalue weighted by molar-refractivity contribution is 5.86. The lowest BCUT2D eigenvalue weighted by Crippen LogP contribution is -2.34. The molecule has 1 saturated heterocycles. The third-order valence-electron chi connectivity index (χ3n) is 2.46. The highest BCUT2D eigenvalue weighted by Gasteiger charge is 2.13.